The van der Waals surface area contributed by atoms with E-state index in [-0.39, 0.29) is 0 Å². The monoisotopic (exact) mass is 1740 g/mol. The van der Waals surface area contributed by atoms with Crippen LogP contribution in [0.1, 0.15) is 50.9 Å². The Balaban J connectivity index is 0.000000115. The van der Waals surface area contributed by atoms with E-state index in [4.69, 9.17) is 0 Å². The van der Waals surface area contributed by atoms with Gasteiger partial charge in [-0.05, 0) is 211 Å². The molecular formula is C136H110. The van der Waals surface area contributed by atoms with Gasteiger partial charge in [-0.25, -0.2) is 0 Å². The first-order valence-electron chi connectivity index (χ1n) is 46.8. The van der Waals surface area contributed by atoms with E-state index in [0.29, 0.717) is 0 Å². The summed E-state index contributed by atoms with van der Waals surface area (Å²) in [6, 6.07) is 205. The van der Waals surface area contributed by atoms with Crippen LogP contribution in [-0.2, 0) is 19.3 Å². The second-order valence-corrected chi connectivity index (χ2v) is 32.6. The number of hydrogen-bond acceptors (Lipinski definition) is 0. The van der Waals surface area contributed by atoms with E-state index in [2.05, 4.69) is 467 Å². The number of allylic oxidation sites excluding steroid dienone is 1. The standard InChI is InChI=1S/C18H14.C16H12.2C14H10.C14H12.C14H10.C12H10.C10H8.C9H10.C9H8.C6H6/c1-3-7-15(8-4-1)17-11-13-18(14-12-17)16-9-5-2-6-10-16;1-2-6-13(7-3-1)16-11-10-14-8-4-5-9-15(14)12-16;1-3-7-13-11(5-1)9-10-12-6-2-4-8-14(12)13;1-2-6-12-10-14-8-4-3-7-13(14)9-11(12)5-1;2*1-3-7-13(8-4-1)11-12-14-9-5-2-6-10-14;1-3-7-11(8-4-1)12-9-5-2-6-10-12;1-2-6-10-8-4-3-7-9(10)5-1;2*1-2-5-9-7-3-6-8(9)4-1;1-2-4-6-5-3-1/h1-14H;1-12H;2*1-10H;1-12H;1-10H;1-10H;1-8H;1-2,4-5H,3,6-7H2;1-6H,7H2;1-6H/b;;;;12-11+;;;;;;. The Labute approximate surface area is 804 Å². The molecule has 0 saturated carbocycles. The maximum Gasteiger partial charge on any atom is 0.0249 e. The Bertz CT molecular complexity index is 7080. The van der Waals surface area contributed by atoms with Crippen molar-refractivity contribution in [3.8, 4) is 56.3 Å². The minimum Gasteiger partial charge on any atom is -0.0795 e. The van der Waals surface area contributed by atoms with Gasteiger partial charge in [-0.15, -0.1) is 0 Å². The van der Waals surface area contributed by atoms with Crippen LogP contribution in [0.4, 0.5) is 0 Å². The third kappa shape index (κ3) is 29.6. The summed E-state index contributed by atoms with van der Waals surface area (Å²) in [5.41, 5.74) is 20.7. The van der Waals surface area contributed by atoms with Crippen LogP contribution >= 0.6 is 0 Å². The van der Waals surface area contributed by atoms with Gasteiger partial charge in [-0.1, -0.05) is 588 Å². The smallest absolute Gasteiger partial charge is 0.0249 e. The number of benzene rings is 23. The van der Waals surface area contributed by atoms with Crippen molar-refractivity contribution >= 4 is 82.9 Å². The predicted molar refractivity (Wildman–Crippen MR) is 590 cm³/mol. The van der Waals surface area contributed by atoms with Crippen molar-refractivity contribution in [2.75, 3.05) is 0 Å². The second kappa shape index (κ2) is 52.5. The molecule has 0 radical (unpaired) electrons. The van der Waals surface area contributed by atoms with E-state index in [1.165, 1.54) is 151 Å². The highest BCUT2D eigenvalue weighted by Gasteiger charge is 2.09. The largest absolute Gasteiger partial charge is 0.0795 e. The molecule has 0 saturated heterocycles. The highest BCUT2D eigenvalue weighted by molar-refractivity contribution is 6.07. The van der Waals surface area contributed by atoms with Crippen LogP contribution in [-0.4, -0.2) is 0 Å². The Kier molecular flexibility index (Phi) is 36.0. The molecule has 0 unspecified atom stereocenters. The Hall–Kier alpha value is -17.3. The average molecular weight is 1740 g/mol. The van der Waals surface area contributed by atoms with Gasteiger partial charge >= 0.3 is 0 Å². The molecule has 2 aliphatic carbocycles. The third-order valence-corrected chi connectivity index (χ3v) is 23.1. The molecule has 0 heteroatoms. The van der Waals surface area contributed by atoms with Gasteiger partial charge in [0.1, 0.15) is 0 Å². The van der Waals surface area contributed by atoms with E-state index in [9.17, 15) is 0 Å². The Morgan fingerprint density at radius 3 is 0.728 bits per heavy atom. The van der Waals surface area contributed by atoms with Crippen LogP contribution in [0.25, 0.3) is 127 Å². The van der Waals surface area contributed by atoms with Crippen LogP contribution in [0.5, 0.6) is 0 Å². The summed E-state index contributed by atoms with van der Waals surface area (Å²) < 4.78 is 0. The van der Waals surface area contributed by atoms with Gasteiger partial charge in [0, 0.05) is 11.1 Å². The van der Waals surface area contributed by atoms with Crippen molar-refractivity contribution < 1.29 is 0 Å². The van der Waals surface area contributed by atoms with Crippen LogP contribution in [0.2, 0.25) is 0 Å². The molecule has 0 heterocycles. The van der Waals surface area contributed by atoms with Crippen molar-refractivity contribution in [3.05, 3.63) is 645 Å². The van der Waals surface area contributed by atoms with Crippen LogP contribution < -0.4 is 0 Å². The molecule has 0 nitrogen and oxygen atoms in total. The zero-order valence-corrected chi connectivity index (χ0v) is 76.7. The van der Waals surface area contributed by atoms with E-state index in [0.717, 1.165) is 17.5 Å². The number of fused-ring (bicyclic) bond motifs is 9. The number of aryl methyl sites for hydroxylation is 2. The molecule has 0 N–H and O–H groups in total. The van der Waals surface area contributed by atoms with Crippen LogP contribution in [0.3, 0.4) is 0 Å². The SMILES string of the molecule is C(#Cc1ccccc1)c1ccccc1.C(=C\c1ccccc1)/c1ccccc1.C1=Cc2ccccc2C1.c1ccc(-c2ccc(-c3ccccc3)cc2)cc1.c1ccc(-c2ccc3ccccc3c2)cc1.c1ccc(-c2ccccc2)cc1.c1ccc2c(c1)CCC2.c1ccc2c(c1)ccc1ccccc12.c1ccc2cc3ccccc3cc2c1.c1ccc2ccccc2c1.c1ccccc1. The maximum atomic E-state index is 3.11. The van der Waals surface area contributed by atoms with E-state index >= 15 is 0 Å². The fraction of sp³-hybridized carbons (Fsp3) is 0.0294. The van der Waals surface area contributed by atoms with Gasteiger partial charge < -0.3 is 0 Å². The predicted octanol–water partition coefficient (Wildman–Crippen LogP) is 36.8. The summed E-state index contributed by atoms with van der Waals surface area (Å²) in [5.74, 6) is 6.22. The van der Waals surface area contributed by atoms with Gasteiger partial charge in [-0.3, -0.25) is 0 Å². The second-order valence-electron chi connectivity index (χ2n) is 32.6. The number of rotatable bonds is 6. The van der Waals surface area contributed by atoms with Crippen LogP contribution in [0, 0.1) is 11.8 Å². The molecule has 654 valence electrons. The first-order valence-corrected chi connectivity index (χ1v) is 46.8. The van der Waals surface area contributed by atoms with Gasteiger partial charge in [0.25, 0.3) is 0 Å². The Morgan fingerprint density at radius 1 is 0.162 bits per heavy atom. The highest BCUT2D eigenvalue weighted by Crippen LogP contribution is 2.30. The lowest BCUT2D eigenvalue weighted by Gasteiger charge is -2.04. The lowest BCUT2D eigenvalue weighted by atomic mass is 10.0. The first kappa shape index (κ1) is 93.3. The molecular weight excluding hydrogens is 1630 g/mol. The van der Waals surface area contributed by atoms with E-state index in [1.54, 1.807) is 11.1 Å². The quantitative estimate of drug-likeness (QED) is 0.0674. The van der Waals surface area contributed by atoms with Crippen molar-refractivity contribution in [3.63, 3.8) is 0 Å². The molecule has 25 rings (SSSR count). The normalized spacial score (nSPS) is 10.7. The number of hydrogen-bond donors (Lipinski definition) is 0. The topological polar surface area (TPSA) is 0 Å². The highest BCUT2D eigenvalue weighted by atomic mass is 14.1. The summed E-state index contributed by atoms with van der Waals surface area (Å²) >= 11 is 0. The van der Waals surface area contributed by atoms with Gasteiger partial charge in [0.15, 0.2) is 0 Å². The van der Waals surface area contributed by atoms with E-state index < -0.39 is 0 Å². The molecule has 0 amide bonds. The summed E-state index contributed by atoms with van der Waals surface area (Å²) in [5, 5.41) is 15.8. The van der Waals surface area contributed by atoms with Crippen molar-refractivity contribution in [1.29, 1.82) is 0 Å². The molecule has 0 bridgehead atoms. The van der Waals surface area contributed by atoms with Crippen molar-refractivity contribution in [1.82, 2.24) is 0 Å². The fourth-order valence-electron chi connectivity index (χ4n) is 16.0. The zero-order valence-electron chi connectivity index (χ0n) is 76.7. The van der Waals surface area contributed by atoms with E-state index in [1.807, 2.05) is 164 Å². The summed E-state index contributed by atoms with van der Waals surface area (Å²) in [6.07, 6.45) is 13.7. The van der Waals surface area contributed by atoms with Gasteiger partial charge in [0.05, 0.1) is 0 Å². The third-order valence-electron chi connectivity index (χ3n) is 23.1. The minimum absolute atomic E-state index is 1.05. The Morgan fingerprint density at radius 2 is 0.390 bits per heavy atom. The average Bonchev–Trinajstić information content (AvgIpc) is 1.50. The molecule has 0 spiro atoms. The van der Waals surface area contributed by atoms with Crippen molar-refractivity contribution in [2.45, 2.75) is 25.7 Å². The molecule has 0 aromatic heterocycles. The summed E-state index contributed by atoms with van der Waals surface area (Å²) in [4.78, 5) is 0. The van der Waals surface area contributed by atoms with Gasteiger partial charge in [-0.2, -0.15) is 0 Å². The van der Waals surface area contributed by atoms with Crippen LogP contribution in [0.15, 0.2) is 601 Å². The van der Waals surface area contributed by atoms with Crippen molar-refractivity contribution in [2.24, 2.45) is 0 Å². The lowest BCUT2D eigenvalue weighted by Crippen LogP contribution is -1.79. The molecule has 0 aliphatic heterocycles. The fourth-order valence-corrected chi connectivity index (χ4v) is 16.0. The minimum atomic E-state index is 1.05. The lowest BCUT2D eigenvalue weighted by molar-refractivity contribution is 0.912. The first-order chi connectivity index (χ1) is 67.5. The summed E-state index contributed by atoms with van der Waals surface area (Å²) in [6.45, 7) is 0. The van der Waals surface area contributed by atoms with Gasteiger partial charge in [0.2, 0.25) is 0 Å². The maximum absolute atomic E-state index is 3.11. The summed E-state index contributed by atoms with van der Waals surface area (Å²) in [7, 11) is 0. The molecule has 0 fully saturated rings. The molecule has 136 heavy (non-hydrogen) atoms. The molecule has 23 aromatic rings. The molecule has 2 aliphatic rings. The molecule has 23 aromatic carbocycles. The zero-order chi connectivity index (χ0) is 92.5. The molecule has 0 atom stereocenters.